The zero-order valence-corrected chi connectivity index (χ0v) is 12.0. The Morgan fingerprint density at radius 1 is 1.00 bits per heavy atom. The van der Waals surface area contributed by atoms with Crippen molar-refractivity contribution >= 4 is 11.8 Å². The van der Waals surface area contributed by atoms with E-state index in [1.165, 1.54) is 11.8 Å². The van der Waals surface area contributed by atoms with Gasteiger partial charge in [-0.05, 0) is 12.1 Å². The van der Waals surface area contributed by atoms with Gasteiger partial charge in [0.15, 0.2) is 5.82 Å². The molecule has 0 aliphatic rings. The smallest absolute Gasteiger partial charge is 0.210 e. The summed E-state index contributed by atoms with van der Waals surface area (Å²) in [4.78, 5) is 4.56. The second-order valence-electron chi connectivity index (χ2n) is 4.28. The van der Waals surface area contributed by atoms with E-state index in [4.69, 9.17) is 5.26 Å². The van der Waals surface area contributed by atoms with E-state index in [9.17, 15) is 0 Å². The summed E-state index contributed by atoms with van der Waals surface area (Å²) in [5.74, 6) is 1.12. The Morgan fingerprint density at radius 3 is 2.33 bits per heavy atom. The lowest BCUT2D eigenvalue weighted by Crippen LogP contribution is -1.99. The number of hydrogen-bond donors (Lipinski definition) is 0. The summed E-state index contributed by atoms with van der Waals surface area (Å²) in [7, 11) is 0. The highest BCUT2D eigenvalue weighted by molar-refractivity contribution is 7.99. The molecule has 3 rings (SSSR count). The molecule has 0 aliphatic heterocycles. The Labute approximate surface area is 127 Å². The van der Waals surface area contributed by atoms with Gasteiger partial charge in [0.1, 0.15) is 0 Å². The van der Waals surface area contributed by atoms with E-state index < -0.39 is 0 Å². The van der Waals surface area contributed by atoms with Crippen LogP contribution in [0, 0.1) is 11.3 Å². The fraction of sp³-hybridized carbons (Fsp3) is 0.0625. The molecule has 0 N–H and O–H groups in total. The van der Waals surface area contributed by atoms with Gasteiger partial charge in [0, 0.05) is 5.56 Å². The number of benzene rings is 2. The van der Waals surface area contributed by atoms with E-state index in [1.807, 2.05) is 65.3 Å². The minimum atomic E-state index is 0.340. The molecule has 2 aromatic carbocycles. The molecule has 1 heterocycles. The van der Waals surface area contributed by atoms with Gasteiger partial charge in [-0.3, -0.25) is 0 Å². The predicted octanol–water partition coefficient (Wildman–Crippen LogP) is 3.55. The normalized spacial score (nSPS) is 10.2. The molecule has 0 fully saturated rings. The average Bonchev–Trinajstić information content (AvgIpc) is 2.99. The van der Waals surface area contributed by atoms with Gasteiger partial charge in [-0.2, -0.15) is 5.26 Å². The Kier molecular flexibility index (Phi) is 3.99. The van der Waals surface area contributed by atoms with Crippen molar-refractivity contribution < 1.29 is 0 Å². The Hall–Kier alpha value is -2.58. The van der Waals surface area contributed by atoms with E-state index in [2.05, 4.69) is 16.2 Å². The highest BCUT2D eigenvalue weighted by Gasteiger charge is 2.13. The maximum absolute atomic E-state index is 8.70. The summed E-state index contributed by atoms with van der Waals surface area (Å²) in [5, 5.41) is 13.8. The fourth-order valence-corrected chi connectivity index (χ4v) is 2.46. The summed E-state index contributed by atoms with van der Waals surface area (Å²) in [6.07, 6.45) is 0. The number of nitrogens with zero attached hydrogens (tertiary/aromatic N) is 4. The van der Waals surface area contributed by atoms with Gasteiger partial charge in [0.25, 0.3) is 0 Å². The first kappa shape index (κ1) is 13.4. The lowest BCUT2D eigenvalue weighted by Gasteiger charge is -2.05. The summed E-state index contributed by atoms with van der Waals surface area (Å²) in [5.41, 5.74) is 1.95. The number of hydrogen-bond acceptors (Lipinski definition) is 4. The molecule has 0 radical (unpaired) electrons. The summed E-state index contributed by atoms with van der Waals surface area (Å²) in [6, 6.07) is 21.9. The molecule has 21 heavy (non-hydrogen) atoms. The van der Waals surface area contributed by atoms with E-state index in [0.717, 1.165) is 17.1 Å². The second kappa shape index (κ2) is 6.25. The highest BCUT2D eigenvalue weighted by atomic mass is 32.2. The third-order valence-corrected chi connectivity index (χ3v) is 3.59. The van der Waals surface area contributed by atoms with Crippen LogP contribution in [0.1, 0.15) is 0 Å². The predicted molar refractivity (Wildman–Crippen MR) is 83.1 cm³/mol. The monoisotopic (exact) mass is 292 g/mol. The van der Waals surface area contributed by atoms with Crippen molar-refractivity contribution in [3.05, 3.63) is 60.7 Å². The zero-order chi connectivity index (χ0) is 14.5. The van der Waals surface area contributed by atoms with Crippen LogP contribution in [0.25, 0.3) is 17.1 Å². The minimum Gasteiger partial charge on any atom is -0.212 e. The van der Waals surface area contributed by atoms with Gasteiger partial charge < -0.3 is 0 Å². The first-order valence-corrected chi connectivity index (χ1v) is 7.44. The van der Waals surface area contributed by atoms with Crippen LogP contribution in [0.2, 0.25) is 0 Å². The second-order valence-corrected chi connectivity index (χ2v) is 5.22. The third kappa shape index (κ3) is 2.96. The molecule has 0 bridgehead atoms. The van der Waals surface area contributed by atoms with Crippen LogP contribution in [0.5, 0.6) is 0 Å². The lowest BCUT2D eigenvalue weighted by atomic mass is 10.2. The number of aromatic nitrogens is 3. The number of para-hydroxylation sites is 1. The van der Waals surface area contributed by atoms with Crippen molar-refractivity contribution in [2.45, 2.75) is 5.16 Å². The molecular formula is C16H12N4S. The van der Waals surface area contributed by atoms with Gasteiger partial charge >= 0.3 is 0 Å². The van der Waals surface area contributed by atoms with Crippen molar-refractivity contribution in [1.29, 1.82) is 5.26 Å². The standard InChI is InChI=1S/C16H12N4S/c17-11-12-21-16-18-15(13-7-3-1-4-8-13)20(19-16)14-9-5-2-6-10-14/h1-10H,12H2. The maximum atomic E-state index is 8.70. The van der Waals surface area contributed by atoms with Crippen LogP contribution < -0.4 is 0 Å². The molecule has 0 saturated heterocycles. The Bertz CT molecular complexity index is 703. The van der Waals surface area contributed by atoms with Gasteiger partial charge in [-0.15, -0.1) is 5.10 Å². The van der Waals surface area contributed by atoms with E-state index in [-0.39, 0.29) is 0 Å². The molecule has 5 heteroatoms. The van der Waals surface area contributed by atoms with Gasteiger partial charge in [-0.25, -0.2) is 9.67 Å². The minimum absolute atomic E-state index is 0.340. The van der Waals surface area contributed by atoms with Gasteiger partial charge in [-0.1, -0.05) is 60.3 Å². The van der Waals surface area contributed by atoms with Crippen LogP contribution in [-0.2, 0) is 0 Å². The molecule has 0 unspecified atom stereocenters. The molecule has 1 aromatic heterocycles. The lowest BCUT2D eigenvalue weighted by molar-refractivity contribution is 0.839. The number of thioether (sulfide) groups is 1. The van der Waals surface area contributed by atoms with E-state index >= 15 is 0 Å². The highest BCUT2D eigenvalue weighted by Crippen LogP contribution is 2.24. The maximum Gasteiger partial charge on any atom is 0.210 e. The quantitative estimate of drug-likeness (QED) is 0.690. The first-order valence-electron chi connectivity index (χ1n) is 6.46. The average molecular weight is 292 g/mol. The molecule has 0 spiro atoms. The van der Waals surface area contributed by atoms with Crippen LogP contribution in [-0.4, -0.2) is 20.5 Å². The van der Waals surface area contributed by atoms with Crippen molar-refractivity contribution in [3.8, 4) is 23.1 Å². The molecular weight excluding hydrogens is 280 g/mol. The summed E-state index contributed by atoms with van der Waals surface area (Å²) < 4.78 is 1.81. The van der Waals surface area contributed by atoms with Crippen molar-refractivity contribution in [1.82, 2.24) is 14.8 Å². The van der Waals surface area contributed by atoms with Crippen LogP contribution in [0.3, 0.4) is 0 Å². The van der Waals surface area contributed by atoms with Crippen molar-refractivity contribution in [3.63, 3.8) is 0 Å². The zero-order valence-electron chi connectivity index (χ0n) is 11.2. The molecule has 4 nitrogen and oxygen atoms in total. The fourth-order valence-electron chi connectivity index (χ4n) is 1.97. The number of rotatable bonds is 4. The molecule has 0 saturated carbocycles. The van der Waals surface area contributed by atoms with E-state index in [0.29, 0.717) is 10.9 Å². The SMILES string of the molecule is N#CCSc1nc(-c2ccccc2)n(-c2ccccc2)n1. The largest absolute Gasteiger partial charge is 0.212 e. The molecule has 3 aromatic rings. The van der Waals surface area contributed by atoms with Crippen LogP contribution >= 0.6 is 11.8 Å². The van der Waals surface area contributed by atoms with Crippen LogP contribution in [0.15, 0.2) is 65.8 Å². The van der Waals surface area contributed by atoms with Crippen LogP contribution in [0.4, 0.5) is 0 Å². The van der Waals surface area contributed by atoms with Crippen molar-refractivity contribution in [2.24, 2.45) is 0 Å². The summed E-state index contributed by atoms with van der Waals surface area (Å²) >= 11 is 1.34. The van der Waals surface area contributed by atoms with E-state index in [1.54, 1.807) is 0 Å². The van der Waals surface area contributed by atoms with Gasteiger partial charge in [0.05, 0.1) is 17.5 Å². The molecule has 102 valence electrons. The summed E-state index contributed by atoms with van der Waals surface area (Å²) in [6.45, 7) is 0. The molecule has 0 aliphatic carbocycles. The molecule has 0 amide bonds. The third-order valence-electron chi connectivity index (χ3n) is 2.89. The molecule has 0 atom stereocenters. The number of nitriles is 1. The first-order chi connectivity index (χ1) is 10.4. The Balaban J connectivity index is 2.09. The Morgan fingerprint density at radius 2 is 1.67 bits per heavy atom. The van der Waals surface area contributed by atoms with Crippen molar-refractivity contribution in [2.75, 3.05) is 5.75 Å². The topological polar surface area (TPSA) is 54.5 Å². The van der Waals surface area contributed by atoms with Gasteiger partial charge in [0.2, 0.25) is 5.16 Å².